The molecule has 2 rings (SSSR count). The van der Waals surface area contributed by atoms with E-state index in [9.17, 15) is 0 Å². The van der Waals surface area contributed by atoms with Crippen LogP contribution in [0.3, 0.4) is 0 Å². The van der Waals surface area contributed by atoms with E-state index < -0.39 is 0 Å². The van der Waals surface area contributed by atoms with E-state index in [2.05, 4.69) is 59.4 Å². The monoisotopic (exact) mass is 303 g/mol. The number of anilines is 3. The van der Waals surface area contributed by atoms with E-state index in [4.69, 9.17) is 5.73 Å². The largest absolute Gasteiger partial charge is 0.383 e. The molecule has 0 aliphatic carbocycles. The Morgan fingerprint density at radius 2 is 2.14 bits per heavy atom. The molecule has 0 radical (unpaired) electrons. The number of aryl methyl sites for hydroxylation is 1. The Hall–Kier alpha value is -2.08. The molecule has 1 heterocycles. The molecule has 0 amide bonds. The van der Waals surface area contributed by atoms with Crippen LogP contribution in [0.15, 0.2) is 28.7 Å². The number of rotatable bonds is 6. The maximum absolute atomic E-state index is 5.56. The van der Waals surface area contributed by atoms with Crippen molar-refractivity contribution in [2.45, 2.75) is 20.8 Å². The first kappa shape index (κ1) is 15.3. The van der Waals surface area contributed by atoms with Crippen molar-refractivity contribution < 1.29 is 0 Å². The minimum atomic E-state index is 0.512. The molecule has 0 aliphatic rings. The molecule has 5 nitrogen and oxygen atoms in total. The van der Waals surface area contributed by atoms with Gasteiger partial charge in [0.25, 0.3) is 0 Å². The summed E-state index contributed by atoms with van der Waals surface area (Å²) in [4.78, 5) is 6.41. The Morgan fingerprint density at radius 1 is 1.38 bits per heavy atom. The zero-order chi connectivity index (χ0) is 15.2. The lowest BCUT2D eigenvalue weighted by Gasteiger charge is -2.21. The van der Waals surface area contributed by atoms with Crippen molar-refractivity contribution in [2.24, 2.45) is 5.10 Å². The van der Waals surface area contributed by atoms with Crippen LogP contribution < -0.4 is 16.1 Å². The maximum atomic E-state index is 5.56. The molecule has 0 bridgehead atoms. The fourth-order valence-electron chi connectivity index (χ4n) is 2.08. The minimum Gasteiger partial charge on any atom is -0.383 e. The Morgan fingerprint density at radius 3 is 2.71 bits per heavy atom. The van der Waals surface area contributed by atoms with Gasteiger partial charge < -0.3 is 10.6 Å². The van der Waals surface area contributed by atoms with Gasteiger partial charge in [0.15, 0.2) is 0 Å². The average molecular weight is 303 g/mol. The number of aromatic nitrogens is 1. The van der Waals surface area contributed by atoms with E-state index in [1.54, 1.807) is 11.6 Å². The molecule has 0 saturated heterocycles. The van der Waals surface area contributed by atoms with Crippen molar-refractivity contribution in [3.8, 4) is 0 Å². The molecule has 3 N–H and O–H groups in total. The molecular weight excluding hydrogens is 282 g/mol. The second kappa shape index (κ2) is 7.08. The first-order valence-electron chi connectivity index (χ1n) is 6.99. The van der Waals surface area contributed by atoms with Gasteiger partial charge in [-0.3, -0.25) is 5.43 Å². The lowest BCUT2D eigenvalue weighted by atomic mass is 10.1. The van der Waals surface area contributed by atoms with Crippen LogP contribution in [-0.2, 0) is 0 Å². The highest BCUT2D eigenvalue weighted by molar-refractivity contribution is 7.14. The molecule has 112 valence electrons. The van der Waals surface area contributed by atoms with Gasteiger partial charge in [-0.15, -0.1) is 11.3 Å². The summed E-state index contributed by atoms with van der Waals surface area (Å²) >= 11 is 1.43. The smallest absolute Gasteiger partial charge is 0.205 e. The highest BCUT2D eigenvalue weighted by Gasteiger charge is 2.03. The molecule has 6 heteroatoms. The van der Waals surface area contributed by atoms with Gasteiger partial charge in [-0.25, -0.2) is 4.98 Å². The van der Waals surface area contributed by atoms with Crippen LogP contribution in [0.5, 0.6) is 0 Å². The van der Waals surface area contributed by atoms with Crippen LogP contribution in [0.1, 0.15) is 25.0 Å². The van der Waals surface area contributed by atoms with E-state index in [1.165, 1.54) is 22.6 Å². The fraction of sp³-hybridized carbons (Fsp3) is 0.333. The molecule has 2 aromatic rings. The summed E-state index contributed by atoms with van der Waals surface area (Å²) in [5.74, 6) is 0.512. The van der Waals surface area contributed by atoms with Crippen molar-refractivity contribution in [1.82, 2.24) is 4.98 Å². The molecule has 21 heavy (non-hydrogen) atoms. The maximum Gasteiger partial charge on any atom is 0.205 e. The van der Waals surface area contributed by atoms with Gasteiger partial charge in [0, 0.05) is 24.2 Å². The Labute approximate surface area is 129 Å². The third-order valence-corrected chi connectivity index (χ3v) is 4.03. The highest BCUT2D eigenvalue weighted by atomic mass is 32.1. The van der Waals surface area contributed by atoms with Crippen molar-refractivity contribution in [3.05, 3.63) is 34.7 Å². The van der Waals surface area contributed by atoms with Crippen LogP contribution in [0.4, 0.5) is 16.6 Å². The predicted molar refractivity (Wildman–Crippen MR) is 92.5 cm³/mol. The van der Waals surface area contributed by atoms with Crippen molar-refractivity contribution in [1.29, 1.82) is 0 Å². The van der Waals surface area contributed by atoms with Gasteiger partial charge in [-0.2, -0.15) is 5.10 Å². The zero-order valence-corrected chi connectivity index (χ0v) is 13.4. The lowest BCUT2D eigenvalue weighted by molar-refractivity contribution is 0.865. The molecular formula is C15H21N5S. The molecule has 0 spiro atoms. The average Bonchev–Trinajstić information content (AvgIpc) is 2.88. The van der Waals surface area contributed by atoms with Gasteiger partial charge in [0.2, 0.25) is 5.13 Å². The number of benzene rings is 1. The summed E-state index contributed by atoms with van der Waals surface area (Å²) in [6.07, 6.45) is 1.80. The van der Waals surface area contributed by atoms with Gasteiger partial charge in [-0.05, 0) is 44.0 Å². The summed E-state index contributed by atoms with van der Waals surface area (Å²) in [7, 11) is 0. The second-order valence-electron chi connectivity index (χ2n) is 4.66. The van der Waals surface area contributed by atoms with Crippen molar-refractivity contribution in [3.63, 3.8) is 0 Å². The Kier molecular flexibility index (Phi) is 5.16. The normalized spacial score (nSPS) is 11.0. The number of hydrogen-bond donors (Lipinski definition) is 2. The first-order chi connectivity index (χ1) is 10.1. The van der Waals surface area contributed by atoms with E-state index in [1.807, 2.05) is 0 Å². The van der Waals surface area contributed by atoms with Gasteiger partial charge in [0.05, 0.1) is 6.21 Å². The molecule has 1 aromatic carbocycles. The minimum absolute atomic E-state index is 0.512. The van der Waals surface area contributed by atoms with Gasteiger partial charge in [0.1, 0.15) is 5.82 Å². The third-order valence-electron chi connectivity index (χ3n) is 3.27. The molecule has 0 aliphatic heterocycles. The quantitative estimate of drug-likeness (QED) is 0.634. The highest BCUT2D eigenvalue weighted by Crippen LogP contribution is 2.19. The standard InChI is InChI=1S/C15H21N5S/c1-4-20(5-2)13-7-6-12(11(3)8-13)9-17-19-15-18-14(16)10-21-15/h6-10H,4-5,16H2,1-3H3,(H,18,19). The summed E-state index contributed by atoms with van der Waals surface area (Å²) in [6.45, 7) is 8.44. The number of nitrogens with one attached hydrogen (secondary N) is 1. The Balaban J connectivity index is 2.06. The number of nitrogens with zero attached hydrogens (tertiary/aromatic N) is 3. The van der Waals surface area contributed by atoms with Crippen LogP contribution in [0.25, 0.3) is 0 Å². The van der Waals surface area contributed by atoms with E-state index >= 15 is 0 Å². The molecule has 0 saturated carbocycles. The number of hydrogen-bond acceptors (Lipinski definition) is 6. The summed E-state index contributed by atoms with van der Waals surface area (Å²) in [5, 5.41) is 6.68. The van der Waals surface area contributed by atoms with Gasteiger partial charge in [-0.1, -0.05) is 6.07 Å². The second-order valence-corrected chi connectivity index (χ2v) is 5.52. The topological polar surface area (TPSA) is 66.5 Å². The molecule has 1 aromatic heterocycles. The van der Waals surface area contributed by atoms with Crippen LogP contribution in [0, 0.1) is 6.92 Å². The molecule has 0 atom stereocenters. The van der Waals surface area contributed by atoms with Crippen LogP contribution >= 0.6 is 11.3 Å². The molecule has 0 unspecified atom stereocenters. The van der Waals surface area contributed by atoms with Crippen LogP contribution in [0.2, 0.25) is 0 Å². The van der Waals surface area contributed by atoms with Crippen molar-refractivity contribution in [2.75, 3.05) is 29.1 Å². The summed E-state index contributed by atoms with van der Waals surface area (Å²) in [5.41, 5.74) is 12.0. The Bertz CT molecular complexity index is 616. The van der Waals surface area contributed by atoms with E-state index in [0.717, 1.165) is 18.7 Å². The number of nitrogens with two attached hydrogens (primary N) is 1. The predicted octanol–water partition coefficient (Wildman–Crippen LogP) is 3.33. The van der Waals surface area contributed by atoms with Crippen molar-refractivity contribution >= 4 is 34.2 Å². The first-order valence-corrected chi connectivity index (χ1v) is 7.87. The zero-order valence-electron chi connectivity index (χ0n) is 12.6. The lowest BCUT2D eigenvalue weighted by Crippen LogP contribution is -2.21. The summed E-state index contributed by atoms with van der Waals surface area (Å²) < 4.78 is 0. The fourth-order valence-corrected chi connectivity index (χ4v) is 2.63. The van der Waals surface area contributed by atoms with Gasteiger partial charge >= 0.3 is 0 Å². The van der Waals surface area contributed by atoms with Crippen LogP contribution in [-0.4, -0.2) is 24.3 Å². The molecule has 0 fully saturated rings. The number of thiazole rings is 1. The third kappa shape index (κ3) is 3.95. The van der Waals surface area contributed by atoms with E-state index in [-0.39, 0.29) is 0 Å². The number of hydrazone groups is 1. The number of nitrogen functional groups attached to an aromatic ring is 1. The summed E-state index contributed by atoms with van der Waals surface area (Å²) in [6, 6.07) is 6.41. The SMILES string of the molecule is CCN(CC)c1ccc(C=NNc2nc(N)cs2)c(C)c1. The van der Waals surface area contributed by atoms with E-state index in [0.29, 0.717) is 10.9 Å².